The molecular weight excluding hydrogens is 400 g/mol. The number of aliphatic hydroxyl groups excluding tert-OH is 2. The van der Waals surface area contributed by atoms with Crippen LogP contribution in [0.5, 0.6) is 0 Å². The van der Waals surface area contributed by atoms with Crippen molar-refractivity contribution in [3.05, 3.63) is 12.7 Å². The SMILES string of the molecule is C=CCO[C@H]1[C@H]2OC(C)(C)O[C@H]2O[C@@H]1CO[C@H]1[C@H]2OC(C)(C)O[C@H]2O[C@@H]1[C@H](O)CO. The molecule has 0 aromatic heterocycles. The Kier molecular flexibility index (Phi) is 6.28. The zero-order valence-corrected chi connectivity index (χ0v) is 17.8. The predicted molar refractivity (Wildman–Crippen MR) is 100 cm³/mol. The first-order valence-electron chi connectivity index (χ1n) is 10.3. The Labute approximate surface area is 175 Å². The monoisotopic (exact) mass is 432 g/mol. The van der Waals surface area contributed by atoms with Gasteiger partial charge in [0.15, 0.2) is 24.2 Å². The molecule has 2 N–H and O–H groups in total. The second-order valence-electron chi connectivity index (χ2n) is 8.85. The molecule has 4 aliphatic rings. The van der Waals surface area contributed by atoms with Gasteiger partial charge in [-0.3, -0.25) is 0 Å². The van der Waals surface area contributed by atoms with Crippen LogP contribution in [0.15, 0.2) is 12.7 Å². The zero-order chi connectivity index (χ0) is 21.7. The second-order valence-corrected chi connectivity index (χ2v) is 8.85. The highest BCUT2D eigenvalue weighted by Crippen LogP contribution is 2.42. The van der Waals surface area contributed by atoms with E-state index in [1.54, 1.807) is 19.9 Å². The maximum Gasteiger partial charge on any atom is 0.190 e. The summed E-state index contributed by atoms with van der Waals surface area (Å²) < 4.78 is 47.2. The fourth-order valence-corrected chi connectivity index (χ4v) is 4.38. The molecule has 0 unspecified atom stereocenters. The molecule has 0 amide bonds. The van der Waals surface area contributed by atoms with Crippen LogP contribution in [0, 0.1) is 0 Å². The van der Waals surface area contributed by atoms with Crippen molar-refractivity contribution in [1.29, 1.82) is 0 Å². The van der Waals surface area contributed by atoms with Crippen molar-refractivity contribution in [3.63, 3.8) is 0 Å². The van der Waals surface area contributed by atoms with Gasteiger partial charge in [0.25, 0.3) is 0 Å². The molecule has 4 saturated heterocycles. The molecule has 10 heteroatoms. The summed E-state index contributed by atoms with van der Waals surface area (Å²) in [5.41, 5.74) is 0. The van der Waals surface area contributed by atoms with Crippen LogP contribution in [-0.4, -0.2) is 96.9 Å². The Morgan fingerprint density at radius 3 is 2.13 bits per heavy atom. The first-order valence-corrected chi connectivity index (χ1v) is 10.3. The van der Waals surface area contributed by atoms with Gasteiger partial charge in [0.2, 0.25) is 0 Å². The van der Waals surface area contributed by atoms with Gasteiger partial charge in [-0.2, -0.15) is 0 Å². The number of hydrogen-bond acceptors (Lipinski definition) is 10. The highest BCUT2D eigenvalue weighted by molar-refractivity contribution is 4.99. The maximum atomic E-state index is 10.2. The minimum atomic E-state index is -1.14. The fraction of sp³-hybridized carbons (Fsp3) is 0.900. The number of aliphatic hydroxyl groups is 2. The van der Waals surface area contributed by atoms with Crippen LogP contribution >= 0.6 is 0 Å². The molecule has 0 saturated carbocycles. The van der Waals surface area contributed by atoms with Crippen molar-refractivity contribution in [2.45, 2.75) is 94.6 Å². The van der Waals surface area contributed by atoms with E-state index in [1.807, 2.05) is 13.8 Å². The van der Waals surface area contributed by atoms with E-state index in [-0.39, 0.29) is 6.61 Å². The summed E-state index contributed by atoms with van der Waals surface area (Å²) in [6.45, 7) is 10.9. The van der Waals surface area contributed by atoms with E-state index in [4.69, 9.17) is 37.9 Å². The molecule has 4 rings (SSSR count). The van der Waals surface area contributed by atoms with Crippen LogP contribution in [0.2, 0.25) is 0 Å². The average Bonchev–Trinajstić information content (AvgIpc) is 3.33. The quantitative estimate of drug-likeness (QED) is 0.510. The largest absolute Gasteiger partial charge is 0.394 e. The molecule has 4 fully saturated rings. The predicted octanol–water partition coefficient (Wildman–Crippen LogP) is 0.0488. The third-order valence-electron chi connectivity index (χ3n) is 5.54. The first-order chi connectivity index (χ1) is 14.1. The number of fused-ring (bicyclic) bond motifs is 2. The van der Waals surface area contributed by atoms with Gasteiger partial charge < -0.3 is 48.1 Å². The molecule has 0 aromatic rings. The lowest BCUT2D eigenvalue weighted by Gasteiger charge is -2.30. The van der Waals surface area contributed by atoms with E-state index in [0.29, 0.717) is 6.61 Å². The molecule has 4 aliphatic heterocycles. The highest BCUT2D eigenvalue weighted by atomic mass is 16.9. The maximum absolute atomic E-state index is 10.2. The standard InChI is InChI=1S/C20H32O10/c1-6-7-23-13-11(25-17-15(13)27-19(2,3)29-17)9-24-14-12(10(22)8-21)26-18-16(14)28-20(4,5)30-18/h6,10-18,21-22H,1,7-9H2,2-5H3/t10-,11-,12-,13-,14-,15-,16-,17-,18-/m1/s1. The second kappa shape index (κ2) is 8.36. The Bertz CT molecular complexity index is 625. The van der Waals surface area contributed by atoms with Crippen LogP contribution in [0.1, 0.15) is 27.7 Å². The molecule has 0 spiro atoms. The van der Waals surface area contributed by atoms with Crippen molar-refractivity contribution in [2.75, 3.05) is 19.8 Å². The Balaban J connectivity index is 1.44. The summed E-state index contributed by atoms with van der Waals surface area (Å²) in [6.07, 6.45) is -4.07. The van der Waals surface area contributed by atoms with Gasteiger partial charge >= 0.3 is 0 Å². The van der Waals surface area contributed by atoms with Crippen molar-refractivity contribution in [2.24, 2.45) is 0 Å². The van der Waals surface area contributed by atoms with Crippen molar-refractivity contribution < 1.29 is 48.1 Å². The Morgan fingerprint density at radius 1 is 0.933 bits per heavy atom. The summed E-state index contributed by atoms with van der Waals surface area (Å²) in [5, 5.41) is 19.6. The zero-order valence-electron chi connectivity index (χ0n) is 17.8. The van der Waals surface area contributed by atoms with Gasteiger partial charge in [-0.05, 0) is 27.7 Å². The van der Waals surface area contributed by atoms with E-state index in [0.717, 1.165) is 0 Å². The van der Waals surface area contributed by atoms with E-state index < -0.39 is 73.5 Å². The van der Waals surface area contributed by atoms with Gasteiger partial charge in [-0.1, -0.05) is 6.08 Å². The van der Waals surface area contributed by atoms with Crippen LogP contribution in [-0.2, 0) is 37.9 Å². The Hall–Kier alpha value is -0.660. The minimum Gasteiger partial charge on any atom is -0.394 e. The van der Waals surface area contributed by atoms with Crippen LogP contribution < -0.4 is 0 Å². The molecule has 0 bridgehead atoms. The van der Waals surface area contributed by atoms with E-state index in [9.17, 15) is 10.2 Å². The summed E-state index contributed by atoms with van der Waals surface area (Å²) >= 11 is 0. The lowest BCUT2D eigenvalue weighted by molar-refractivity contribution is -0.241. The fourth-order valence-electron chi connectivity index (χ4n) is 4.38. The molecule has 0 radical (unpaired) electrons. The number of rotatable bonds is 8. The lowest BCUT2D eigenvalue weighted by atomic mass is 10.1. The van der Waals surface area contributed by atoms with E-state index in [1.165, 1.54) is 0 Å². The summed E-state index contributed by atoms with van der Waals surface area (Å²) in [4.78, 5) is 0. The van der Waals surface area contributed by atoms with Crippen molar-refractivity contribution >= 4 is 0 Å². The molecule has 172 valence electrons. The van der Waals surface area contributed by atoms with Crippen LogP contribution in [0.4, 0.5) is 0 Å². The van der Waals surface area contributed by atoms with Crippen molar-refractivity contribution in [3.8, 4) is 0 Å². The van der Waals surface area contributed by atoms with Crippen molar-refractivity contribution in [1.82, 2.24) is 0 Å². The topological polar surface area (TPSA) is 114 Å². The smallest absolute Gasteiger partial charge is 0.190 e. The summed E-state index contributed by atoms with van der Waals surface area (Å²) in [5.74, 6) is -1.60. The molecule has 0 aromatic carbocycles. The molecule has 4 heterocycles. The summed E-state index contributed by atoms with van der Waals surface area (Å²) in [7, 11) is 0. The first kappa shape index (κ1) is 22.5. The molecule has 10 nitrogen and oxygen atoms in total. The minimum absolute atomic E-state index is 0.123. The van der Waals surface area contributed by atoms with E-state index >= 15 is 0 Å². The molecular formula is C20H32O10. The lowest BCUT2D eigenvalue weighted by Crippen LogP contribution is -2.46. The normalized spacial score (nSPS) is 44.7. The van der Waals surface area contributed by atoms with Gasteiger partial charge in [0.1, 0.15) is 42.7 Å². The summed E-state index contributed by atoms with van der Waals surface area (Å²) in [6, 6.07) is 0. The van der Waals surface area contributed by atoms with Crippen LogP contribution in [0.25, 0.3) is 0 Å². The average molecular weight is 432 g/mol. The van der Waals surface area contributed by atoms with Gasteiger partial charge in [0, 0.05) is 0 Å². The van der Waals surface area contributed by atoms with Gasteiger partial charge in [0.05, 0.1) is 19.8 Å². The third kappa shape index (κ3) is 4.31. The molecule has 30 heavy (non-hydrogen) atoms. The van der Waals surface area contributed by atoms with Crippen LogP contribution in [0.3, 0.4) is 0 Å². The Morgan fingerprint density at radius 2 is 1.53 bits per heavy atom. The number of hydrogen-bond donors (Lipinski definition) is 2. The molecule has 9 atom stereocenters. The van der Waals surface area contributed by atoms with Gasteiger partial charge in [-0.15, -0.1) is 6.58 Å². The number of ether oxygens (including phenoxy) is 8. The molecule has 0 aliphatic carbocycles. The highest BCUT2D eigenvalue weighted by Gasteiger charge is 2.59. The van der Waals surface area contributed by atoms with Gasteiger partial charge in [-0.25, -0.2) is 0 Å². The van der Waals surface area contributed by atoms with E-state index in [2.05, 4.69) is 6.58 Å². The third-order valence-corrected chi connectivity index (χ3v) is 5.54.